The smallest absolute Gasteiger partial charge is 0.338 e. The highest BCUT2D eigenvalue weighted by Gasteiger charge is 2.30. The lowest BCUT2D eigenvalue weighted by atomic mass is 10.0. The first-order valence-corrected chi connectivity index (χ1v) is 8.85. The molecule has 0 fully saturated rings. The summed E-state index contributed by atoms with van der Waals surface area (Å²) in [7, 11) is 0. The van der Waals surface area contributed by atoms with Crippen LogP contribution in [0.25, 0.3) is 6.08 Å². The maximum atomic E-state index is 12.1. The second-order valence-corrected chi connectivity index (χ2v) is 6.38. The number of esters is 2. The van der Waals surface area contributed by atoms with Crippen LogP contribution in [-0.2, 0) is 19.1 Å². The van der Waals surface area contributed by atoms with Crippen LogP contribution in [0.5, 0.6) is 0 Å². The van der Waals surface area contributed by atoms with Crippen molar-refractivity contribution in [3.8, 4) is 0 Å². The molecule has 0 unspecified atom stereocenters. The van der Waals surface area contributed by atoms with Crippen molar-refractivity contribution >= 4 is 47.2 Å². The highest BCUT2D eigenvalue weighted by atomic mass is 35.5. The number of hydrogen-bond donors (Lipinski definition) is 2. The topological polar surface area (TPSA) is 93.7 Å². The van der Waals surface area contributed by atoms with Crippen molar-refractivity contribution in [2.24, 2.45) is 0 Å². The Morgan fingerprint density at radius 3 is 2.67 bits per heavy atom. The first-order valence-electron chi connectivity index (χ1n) is 8.09. The maximum absolute atomic E-state index is 12.1. The zero-order valence-electron chi connectivity index (χ0n) is 14.7. The van der Waals surface area contributed by atoms with Gasteiger partial charge >= 0.3 is 18.0 Å². The molecule has 27 heavy (non-hydrogen) atoms. The summed E-state index contributed by atoms with van der Waals surface area (Å²) in [5.41, 5.74) is 0.971. The predicted octanol–water partition coefficient (Wildman–Crippen LogP) is 3.07. The minimum absolute atomic E-state index is 0.177. The van der Waals surface area contributed by atoms with Crippen LogP contribution in [0.4, 0.5) is 4.79 Å². The molecule has 1 aromatic rings. The summed E-state index contributed by atoms with van der Waals surface area (Å²) in [5, 5.41) is 5.90. The van der Waals surface area contributed by atoms with Crippen LogP contribution in [0.3, 0.4) is 0 Å². The van der Waals surface area contributed by atoms with E-state index in [-0.39, 0.29) is 24.5 Å². The Morgan fingerprint density at radius 1 is 1.26 bits per heavy atom. The van der Waals surface area contributed by atoms with Gasteiger partial charge in [0, 0.05) is 16.1 Å². The third-order valence-corrected chi connectivity index (χ3v) is 4.15. The fourth-order valence-corrected chi connectivity index (χ4v) is 2.85. The minimum atomic E-state index is -0.669. The lowest BCUT2D eigenvalue weighted by molar-refractivity contribution is -0.140. The molecule has 1 heterocycles. The quantitative estimate of drug-likeness (QED) is 0.552. The number of ether oxygens (including phenoxy) is 2. The van der Waals surface area contributed by atoms with Crippen LogP contribution in [0.1, 0.15) is 19.4 Å². The molecule has 0 saturated heterocycles. The average molecular weight is 413 g/mol. The average Bonchev–Trinajstić information content (AvgIpc) is 2.58. The first kappa shape index (κ1) is 20.8. The summed E-state index contributed by atoms with van der Waals surface area (Å²) in [4.78, 5) is 35.7. The van der Waals surface area contributed by atoms with Gasteiger partial charge in [0.25, 0.3) is 0 Å². The van der Waals surface area contributed by atoms with Crippen molar-refractivity contribution in [2.45, 2.75) is 19.9 Å². The Labute approximate surface area is 166 Å². The minimum Gasteiger partial charge on any atom is -0.463 e. The molecule has 0 bridgehead atoms. The summed E-state index contributed by atoms with van der Waals surface area (Å²) in [5.74, 6) is -1.26. The Morgan fingerprint density at radius 2 is 2.00 bits per heavy atom. The summed E-state index contributed by atoms with van der Waals surface area (Å²) in [6, 6.07) is 3.78. The molecule has 2 rings (SSSR count). The van der Waals surface area contributed by atoms with E-state index < -0.39 is 24.0 Å². The van der Waals surface area contributed by atoms with Crippen molar-refractivity contribution in [1.29, 1.82) is 0 Å². The number of carbonyl (C=O) groups excluding carboxylic acids is 3. The maximum Gasteiger partial charge on any atom is 0.338 e. The Bertz CT molecular complexity index is 820. The summed E-state index contributed by atoms with van der Waals surface area (Å²) < 4.78 is 10.1. The number of hydrogen-bond acceptors (Lipinski definition) is 5. The number of amides is 2. The number of rotatable bonds is 6. The normalized spacial score (nSPS) is 16.7. The fourth-order valence-electron chi connectivity index (χ4n) is 2.38. The van der Waals surface area contributed by atoms with E-state index in [9.17, 15) is 14.4 Å². The number of urea groups is 1. The summed E-state index contributed by atoms with van der Waals surface area (Å²) in [6.45, 7) is 3.20. The van der Waals surface area contributed by atoms with Gasteiger partial charge < -0.3 is 20.1 Å². The molecule has 2 amide bonds. The van der Waals surface area contributed by atoms with Gasteiger partial charge in [-0.25, -0.2) is 14.4 Å². The van der Waals surface area contributed by atoms with Gasteiger partial charge in [0.1, 0.15) is 6.61 Å². The fraction of sp³-hybridized carbons (Fsp3) is 0.278. The first-order chi connectivity index (χ1) is 12.8. The van der Waals surface area contributed by atoms with E-state index in [1.54, 1.807) is 32.0 Å². The molecule has 1 aliphatic rings. The molecular weight excluding hydrogens is 395 g/mol. The van der Waals surface area contributed by atoms with Gasteiger partial charge in [-0.2, -0.15) is 0 Å². The van der Waals surface area contributed by atoms with Crippen molar-refractivity contribution < 1.29 is 23.9 Å². The SMILES string of the molecule is CCOC(=O)C1=C(COC(=O)/C=C/c2ccc(Cl)cc2Cl)NC(=O)N[C@H]1C. The van der Waals surface area contributed by atoms with Gasteiger partial charge in [0.15, 0.2) is 0 Å². The zero-order valence-corrected chi connectivity index (χ0v) is 16.2. The van der Waals surface area contributed by atoms with E-state index in [0.717, 1.165) is 0 Å². The Balaban J connectivity index is 2.08. The predicted molar refractivity (Wildman–Crippen MR) is 101 cm³/mol. The van der Waals surface area contributed by atoms with Crippen molar-refractivity contribution in [1.82, 2.24) is 10.6 Å². The van der Waals surface area contributed by atoms with Crippen molar-refractivity contribution in [3.63, 3.8) is 0 Å². The van der Waals surface area contributed by atoms with Gasteiger partial charge in [0.05, 0.1) is 23.9 Å². The number of carbonyl (C=O) groups is 3. The summed E-state index contributed by atoms with van der Waals surface area (Å²) in [6.07, 6.45) is 2.66. The molecule has 1 aliphatic heterocycles. The Hall–Kier alpha value is -2.51. The second-order valence-electron chi connectivity index (χ2n) is 5.54. The molecule has 0 saturated carbocycles. The van der Waals surface area contributed by atoms with Gasteiger partial charge in [-0.05, 0) is 37.6 Å². The monoisotopic (exact) mass is 412 g/mol. The molecule has 0 aromatic heterocycles. The van der Waals surface area contributed by atoms with E-state index in [4.69, 9.17) is 32.7 Å². The van der Waals surface area contributed by atoms with Gasteiger partial charge in [0.2, 0.25) is 0 Å². The van der Waals surface area contributed by atoms with Crippen LogP contribution < -0.4 is 10.6 Å². The number of benzene rings is 1. The Kier molecular flexibility index (Phi) is 7.27. The van der Waals surface area contributed by atoms with Gasteiger partial charge in [-0.15, -0.1) is 0 Å². The molecule has 0 radical (unpaired) electrons. The van der Waals surface area contributed by atoms with Crippen molar-refractivity contribution in [2.75, 3.05) is 13.2 Å². The third-order valence-electron chi connectivity index (χ3n) is 3.59. The molecule has 0 spiro atoms. The van der Waals surface area contributed by atoms with Gasteiger partial charge in [-0.3, -0.25) is 0 Å². The van der Waals surface area contributed by atoms with E-state index in [1.807, 2.05) is 0 Å². The van der Waals surface area contributed by atoms with Crippen LogP contribution in [0.2, 0.25) is 10.0 Å². The molecule has 2 N–H and O–H groups in total. The highest BCUT2D eigenvalue weighted by Crippen LogP contribution is 2.22. The van der Waals surface area contributed by atoms with E-state index in [1.165, 1.54) is 12.2 Å². The van der Waals surface area contributed by atoms with E-state index >= 15 is 0 Å². The molecule has 7 nitrogen and oxygen atoms in total. The van der Waals surface area contributed by atoms with Crippen LogP contribution in [-0.4, -0.2) is 37.2 Å². The van der Waals surface area contributed by atoms with Gasteiger partial charge in [-0.1, -0.05) is 29.3 Å². The van der Waals surface area contributed by atoms with Crippen LogP contribution in [0.15, 0.2) is 35.5 Å². The summed E-state index contributed by atoms with van der Waals surface area (Å²) >= 11 is 11.8. The molecule has 0 aliphatic carbocycles. The molecular formula is C18H18Cl2N2O5. The van der Waals surface area contributed by atoms with Crippen molar-refractivity contribution in [3.05, 3.63) is 51.2 Å². The lowest BCUT2D eigenvalue weighted by Crippen LogP contribution is -2.50. The highest BCUT2D eigenvalue weighted by molar-refractivity contribution is 6.35. The van der Waals surface area contributed by atoms with E-state index in [2.05, 4.69) is 10.6 Å². The standard InChI is InChI=1S/C18H18Cl2N2O5/c1-3-26-17(24)16-10(2)21-18(25)22-14(16)9-27-15(23)7-5-11-4-6-12(19)8-13(11)20/h4-8,10H,3,9H2,1-2H3,(H2,21,22,25)/b7-5+/t10-/m0/s1. The van der Waals surface area contributed by atoms with E-state index in [0.29, 0.717) is 15.6 Å². The molecule has 1 atom stereocenters. The lowest BCUT2D eigenvalue weighted by Gasteiger charge is -2.26. The largest absolute Gasteiger partial charge is 0.463 e. The number of nitrogens with one attached hydrogen (secondary N) is 2. The van der Waals surface area contributed by atoms with Crippen LogP contribution >= 0.6 is 23.2 Å². The third kappa shape index (κ3) is 5.74. The van der Waals surface area contributed by atoms with Crippen LogP contribution in [0, 0.1) is 0 Å². The zero-order chi connectivity index (χ0) is 20.0. The molecule has 1 aromatic carbocycles. The second kappa shape index (κ2) is 9.43. The number of halogens is 2. The molecule has 144 valence electrons. The molecule has 9 heteroatoms.